The third-order valence-electron chi connectivity index (χ3n) is 2.97. The molecule has 2 heterocycles. The first-order valence-electron chi connectivity index (χ1n) is 5.80. The van der Waals surface area contributed by atoms with E-state index in [4.69, 9.17) is 16.7 Å². The molecule has 17 heavy (non-hydrogen) atoms. The quantitative estimate of drug-likeness (QED) is 0.858. The Kier molecular flexibility index (Phi) is 4.68. The van der Waals surface area contributed by atoms with Crippen LogP contribution in [0.5, 0.6) is 0 Å². The molecule has 0 spiro atoms. The highest BCUT2D eigenvalue weighted by atomic mass is 35.5. The summed E-state index contributed by atoms with van der Waals surface area (Å²) in [5.41, 5.74) is 0.834. The van der Waals surface area contributed by atoms with Crippen LogP contribution < -0.4 is 0 Å². The van der Waals surface area contributed by atoms with E-state index in [1.807, 2.05) is 6.07 Å². The Morgan fingerprint density at radius 3 is 2.82 bits per heavy atom. The smallest absolute Gasteiger partial charge is 0.130 e. The number of hydrogen-bond donors (Lipinski definition) is 1. The summed E-state index contributed by atoms with van der Waals surface area (Å²) < 4.78 is 0. The van der Waals surface area contributed by atoms with Crippen LogP contribution in [0.3, 0.4) is 0 Å². The second-order valence-electron chi connectivity index (χ2n) is 4.41. The minimum atomic E-state index is 0.0171. The number of halogens is 1. The molecule has 1 aliphatic rings. The normalized spacial score (nSPS) is 18.5. The monoisotopic (exact) mass is 272 g/mol. The van der Waals surface area contributed by atoms with Gasteiger partial charge in [0.05, 0.1) is 11.6 Å². The first-order valence-corrected chi connectivity index (χ1v) is 7.05. The number of aliphatic hydroxyl groups is 1. The molecule has 5 heteroatoms. The zero-order chi connectivity index (χ0) is 12.3. The second kappa shape index (κ2) is 6.05. The number of aromatic nitrogens is 1. The molecular formula is C12H17ClN2OS. The Bertz CT molecular complexity index is 381. The molecule has 2 rings (SSSR count). The van der Waals surface area contributed by atoms with Gasteiger partial charge in [-0.2, -0.15) is 0 Å². The number of aliphatic hydroxyl groups excluding tert-OH is 1. The molecule has 94 valence electrons. The SMILES string of the molecule is CN1CCC(Sc2cc(CO)cc(Cl)n2)CC1. The van der Waals surface area contributed by atoms with Crippen molar-refractivity contribution in [2.24, 2.45) is 0 Å². The lowest BCUT2D eigenvalue weighted by atomic mass is 10.1. The zero-order valence-corrected chi connectivity index (χ0v) is 11.5. The molecule has 0 bridgehead atoms. The van der Waals surface area contributed by atoms with Crippen LogP contribution in [0.1, 0.15) is 18.4 Å². The fourth-order valence-corrected chi connectivity index (χ4v) is 3.39. The van der Waals surface area contributed by atoms with Crippen molar-refractivity contribution in [3.8, 4) is 0 Å². The lowest BCUT2D eigenvalue weighted by Gasteiger charge is -2.28. The molecular weight excluding hydrogens is 256 g/mol. The van der Waals surface area contributed by atoms with Gasteiger partial charge in [0, 0.05) is 5.25 Å². The predicted octanol–water partition coefficient (Wildman–Crippen LogP) is 2.41. The minimum Gasteiger partial charge on any atom is -0.392 e. The van der Waals surface area contributed by atoms with Crippen LogP contribution >= 0.6 is 23.4 Å². The van der Waals surface area contributed by atoms with E-state index in [-0.39, 0.29) is 6.61 Å². The molecule has 0 amide bonds. The average Bonchev–Trinajstić information content (AvgIpc) is 2.31. The van der Waals surface area contributed by atoms with Gasteiger partial charge in [0.1, 0.15) is 5.15 Å². The largest absolute Gasteiger partial charge is 0.392 e. The molecule has 0 aromatic carbocycles. The van der Waals surface area contributed by atoms with Gasteiger partial charge in [-0.3, -0.25) is 0 Å². The van der Waals surface area contributed by atoms with E-state index < -0.39 is 0 Å². The fraction of sp³-hybridized carbons (Fsp3) is 0.583. The molecule has 0 saturated carbocycles. The highest BCUT2D eigenvalue weighted by molar-refractivity contribution is 7.99. The first-order chi connectivity index (χ1) is 8.17. The van der Waals surface area contributed by atoms with Crippen LogP contribution in [0.2, 0.25) is 5.15 Å². The van der Waals surface area contributed by atoms with Crippen LogP contribution in [0.25, 0.3) is 0 Å². The van der Waals surface area contributed by atoms with Crippen LogP contribution in [-0.4, -0.2) is 40.4 Å². The topological polar surface area (TPSA) is 36.4 Å². The Morgan fingerprint density at radius 1 is 1.47 bits per heavy atom. The van der Waals surface area contributed by atoms with Crippen LogP contribution in [-0.2, 0) is 6.61 Å². The van der Waals surface area contributed by atoms with Gasteiger partial charge < -0.3 is 10.0 Å². The van der Waals surface area contributed by atoms with Crippen molar-refractivity contribution in [2.45, 2.75) is 29.7 Å². The van der Waals surface area contributed by atoms with Crippen molar-refractivity contribution in [1.82, 2.24) is 9.88 Å². The van der Waals surface area contributed by atoms with Gasteiger partial charge in [0.2, 0.25) is 0 Å². The molecule has 3 nitrogen and oxygen atoms in total. The maximum absolute atomic E-state index is 9.12. The van der Waals surface area contributed by atoms with Gasteiger partial charge in [0.15, 0.2) is 0 Å². The minimum absolute atomic E-state index is 0.0171. The van der Waals surface area contributed by atoms with Gasteiger partial charge in [-0.05, 0) is 50.7 Å². The number of nitrogens with zero attached hydrogens (tertiary/aromatic N) is 2. The van der Waals surface area contributed by atoms with E-state index in [2.05, 4.69) is 16.9 Å². The predicted molar refractivity (Wildman–Crippen MR) is 71.5 cm³/mol. The molecule has 0 aliphatic carbocycles. The van der Waals surface area contributed by atoms with Gasteiger partial charge in [-0.15, -0.1) is 11.8 Å². The van der Waals surface area contributed by atoms with Crippen LogP contribution in [0, 0.1) is 0 Å². The van der Waals surface area contributed by atoms with Crippen LogP contribution in [0.15, 0.2) is 17.2 Å². The number of rotatable bonds is 3. The van der Waals surface area contributed by atoms with Crippen molar-refractivity contribution < 1.29 is 5.11 Å². The number of hydrogen-bond acceptors (Lipinski definition) is 4. The molecule has 0 atom stereocenters. The lowest BCUT2D eigenvalue weighted by Crippen LogP contribution is -2.31. The summed E-state index contributed by atoms with van der Waals surface area (Å²) in [6.07, 6.45) is 2.37. The molecule has 0 unspecified atom stereocenters. The van der Waals surface area contributed by atoms with Gasteiger partial charge in [-0.1, -0.05) is 11.6 Å². The lowest BCUT2D eigenvalue weighted by molar-refractivity contribution is 0.281. The van der Waals surface area contributed by atoms with E-state index in [1.54, 1.807) is 17.8 Å². The van der Waals surface area contributed by atoms with Crippen LogP contribution in [0.4, 0.5) is 0 Å². The maximum atomic E-state index is 9.12. The Labute approximate surface area is 111 Å². The van der Waals surface area contributed by atoms with Gasteiger partial charge >= 0.3 is 0 Å². The molecule has 1 saturated heterocycles. The number of piperidine rings is 1. The summed E-state index contributed by atoms with van der Waals surface area (Å²) in [5.74, 6) is 0. The highest BCUT2D eigenvalue weighted by Gasteiger charge is 2.18. The summed E-state index contributed by atoms with van der Waals surface area (Å²) in [6.45, 7) is 2.30. The van der Waals surface area contributed by atoms with E-state index in [0.717, 1.165) is 23.7 Å². The molecule has 1 aliphatic heterocycles. The second-order valence-corrected chi connectivity index (χ2v) is 6.12. The van der Waals surface area contributed by atoms with E-state index >= 15 is 0 Å². The summed E-state index contributed by atoms with van der Waals surface area (Å²) in [6, 6.07) is 3.63. The number of thioether (sulfide) groups is 1. The molecule has 0 radical (unpaired) electrons. The van der Waals surface area contributed by atoms with Crippen molar-refractivity contribution in [3.05, 3.63) is 22.8 Å². The third-order valence-corrected chi connectivity index (χ3v) is 4.41. The first kappa shape index (κ1) is 13.1. The Hall–Kier alpha value is -0.290. The van der Waals surface area contributed by atoms with E-state index in [9.17, 15) is 0 Å². The number of likely N-dealkylation sites (tertiary alicyclic amines) is 1. The van der Waals surface area contributed by atoms with E-state index in [1.165, 1.54) is 12.8 Å². The van der Waals surface area contributed by atoms with Gasteiger partial charge in [-0.25, -0.2) is 4.98 Å². The van der Waals surface area contributed by atoms with Crippen molar-refractivity contribution in [3.63, 3.8) is 0 Å². The average molecular weight is 273 g/mol. The summed E-state index contributed by atoms with van der Waals surface area (Å²) in [4.78, 5) is 6.65. The maximum Gasteiger partial charge on any atom is 0.130 e. The highest BCUT2D eigenvalue weighted by Crippen LogP contribution is 2.30. The summed E-state index contributed by atoms with van der Waals surface area (Å²) in [5, 5.41) is 11.1. The Morgan fingerprint density at radius 2 is 2.18 bits per heavy atom. The number of pyridine rings is 1. The van der Waals surface area contributed by atoms with Crippen molar-refractivity contribution in [1.29, 1.82) is 0 Å². The molecule has 1 aromatic rings. The molecule has 1 aromatic heterocycles. The molecule has 1 N–H and O–H groups in total. The fourth-order valence-electron chi connectivity index (χ4n) is 1.95. The Balaban J connectivity index is 2.00. The van der Waals surface area contributed by atoms with Crippen molar-refractivity contribution in [2.75, 3.05) is 20.1 Å². The van der Waals surface area contributed by atoms with Gasteiger partial charge in [0.25, 0.3) is 0 Å². The standard InChI is InChI=1S/C12H17ClN2OS/c1-15-4-2-10(3-5-15)17-12-7-9(8-16)6-11(13)14-12/h6-7,10,16H,2-5,8H2,1H3. The zero-order valence-electron chi connectivity index (χ0n) is 9.90. The van der Waals surface area contributed by atoms with E-state index in [0.29, 0.717) is 10.4 Å². The summed E-state index contributed by atoms with van der Waals surface area (Å²) in [7, 11) is 2.16. The molecule has 1 fully saturated rings. The summed E-state index contributed by atoms with van der Waals surface area (Å²) >= 11 is 7.70. The third kappa shape index (κ3) is 3.85. The van der Waals surface area contributed by atoms with Crippen molar-refractivity contribution >= 4 is 23.4 Å².